The van der Waals surface area contributed by atoms with Crippen LogP contribution in [0.15, 0.2) is 53.4 Å². The van der Waals surface area contributed by atoms with Gasteiger partial charge in [0, 0.05) is 31.2 Å². The molecule has 1 heterocycles. The second kappa shape index (κ2) is 8.88. The van der Waals surface area contributed by atoms with Gasteiger partial charge in [-0.1, -0.05) is 51.1 Å². The molecule has 0 saturated carbocycles. The van der Waals surface area contributed by atoms with Gasteiger partial charge >= 0.3 is 0 Å². The average molecular weight is 430 g/mol. The van der Waals surface area contributed by atoms with Crippen LogP contribution >= 0.6 is 0 Å². The van der Waals surface area contributed by atoms with E-state index in [4.69, 9.17) is 0 Å². The van der Waals surface area contributed by atoms with Gasteiger partial charge in [0.05, 0.1) is 4.90 Å². The van der Waals surface area contributed by atoms with E-state index in [-0.39, 0.29) is 22.3 Å². The molecule has 2 aromatic carbocycles. The Morgan fingerprint density at radius 3 is 2.47 bits per heavy atom. The third kappa shape index (κ3) is 5.28. The van der Waals surface area contributed by atoms with Gasteiger partial charge < -0.3 is 5.32 Å². The van der Waals surface area contributed by atoms with Crippen LogP contribution in [-0.4, -0.2) is 45.4 Å². The molecule has 1 atom stereocenters. The van der Waals surface area contributed by atoms with Gasteiger partial charge in [-0.05, 0) is 48.2 Å². The summed E-state index contributed by atoms with van der Waals surface area (Å²) in [6, 6.07) is 14.5. The standard InChI is InChI=1S/C23H31N3O3S/c1-23(2,3)21(16-26-13-12-17-8-5-6-9-19(17)15-26)25-22(27)18-10-7-11-20(14-18)30(28,29)24-4/h5-11,14,21,24H,12-13,15-16H2,1-4H3,(H,25,27)/t21-/m1/s1. The van der Waals surface area contributed by atoms with Crippen molar-refractivity contribution >= 4 is 15.9 Å². The number of fused-ring (bicyclic) bond motifs is 1. The highest BCUT2D eigenvalue weighted by atomic mass is 32.2. The lowest BCUT2D eigenvalue weighted by atomic mass is 9.85. The number of hydrogen-bond acceptors (Lipinski definition) is 4. The highest BCUT2D eigenvalue weighted by Gasteiger charge is 2.30. The summed E-state index contributed by atoms with van der Waals surface area (Å²) in [5.41, 5.74) is 2.92. The van der Waals surface area contributed by atoms with E-state index in [0.717, 1.165) is 26.1 Å². The van der Waals surface area contributed by atoms with Gasteiger partial charge in [0.2, 0.25) is 10.0 Å². The van der Waals surface area contributed by atoms with Gasteiger partial charge in [-0.2, -0.15) is 0 Å². The van der Waals surface area contributed by atoms with Crippen molar-refractivity contribution in [3.05, 3.63) is 65.2 Å². The van der Waals surface area contributed by atoms with Crippen molar-refractivity contribution in [1.82, 2.24) is 14.9 Å². The predicted octanol–water partition coefficient (Wildman–Crippen LogP) is 2.80. The highest BCUT2D eigenvalue weighted by molar-refractivity contribution is 7.89. The normalized spacial score (nSPS) is 16.0. The Balaban J connectivity index is 1.75. The fourth-order valence-corrected chi connectivity index (χ4v) is 4.44. The Morgan fingerprint density at radius 2 is 1.80 bits per heavy atom. The molecule has 1 aliphatic heterocycles. The molecule has 3 rings (SSSR count). The van der Waals surface area contributed by atoms with Gasteiger partial charge in [-0.25, -0.2) is 13.1 Å². The van der Waals surface area contributed by atoms with Crippen LogP contribution in [0.25, 0.3) is 0 Å². The number of benzene rings is 2. The van der Waals surface area contributed by atoms with E-state index in [2.05, 4.69) is 60.0 Å². The van der Waals surface area contributed by atoms with Crippen molar-refractivity contribution < 1.29 is 13.2 Å². The molecule has 0 bridgehead atoms. The van der Waals surface area contributed by atoms with Crippen LogP contribution in [0, 0.1) is 5.41 Å². The maximum Gasteiger partial charge on any atom is 0.251 e. The first kappa shape index (κ1) is 22.5. The number of carbonyl (C=O) groups is 1. The van der Waals surface area contributed by atoms with E-state index in [1.807, 2.05) is 0 Å². The summed E-state index contributed by atoms with van der Waals surface area (Å²) < 4.78 is 26.4. The summed E-state index contributed by atoms with van der Waals surface area (Å²) in [4.78, 5) is 15.4. The first-order valence-corrected chi connectivity index (χ1v) is 11.7. The molecule has 30 heavy (non-hydrogen) atoms. The van der Waals surface area contributed by atoms with Gasteiger partial charge in [0.1, 0.15) is 0 Å². The number of hydrogen-bond donors (Lipinski definition) is 2. The second-order valence-corrected chi connectivity index (χ2v) is 10.8. The molecule has 2 N–H and O–H groups in total. The SMILES string of the molecule is CNS(=O)(=O)c1cccc(C(=O)N[C@H](CN2CCc3ccccc3C2)C(C)(C)C)c1. The summed E-state index contributed by atoms with van der Waals surface area (Å²) in [5.74, 6) is -0.263. The number of amides is 1. The van der Waals surface area contributed by atoms with Gasteiger partial charge in [-0.3, -0.25) is 9.69 Å². The minimum Gasteiger partial charge on any atom is -0.347 e. The van der Waals surface area contributed by atoms with Crippen LogP contribution in [0.1, 0.15) is 42.3 Å². The zero-order valence-electron chi connectivity index (χ0n) is 18.1. The minimum atomic E-state index is -3.60. The van der Waals surface area contributed by atoms with E-state index in [0.29, 0.717) is 5.56 Å². The van der Waals surface area contributed by atoms with Crippen LogP contribution in [0.3, 0.4) is 0 Å². The Hall–Kier alpha value is -2.22. The van der Waals surface area contributed by atoms with Crippen molar-refractivity contribution in [1.29, 1.82) is 0 Å². The molecule has 0 fully saturated rings. The largest absolute Gasteiger partial charge is 0.347 e. The summed E-state index contributed by atoms with van der Waals surface area (Å²) in [7, 11) is -2.24. The Morgan fingerprint density at radius 1 is 1.10 bits per heavy atom. The lowest BCUT2D eigenvalue weighted by Crippen LogP contribution is -2.51. The topological polar surface area (TPSA) is 78.5 Å². The second-order valence-electron chi connectivity index (χ2n) is 8.88. The van der Waals surface area contributed by atoms with Crippen LogP contribution in [-0.2, 0) is 23.0 Å². The molecule has 0 saturated heterocycles. The van der Waals surface area contributed by atoms with E-state index >= 15 is 0 Å². The van der Waals surface area contributed by atoms with Crippen molar-refractivity contribution in [3.8, 4) is 0 Å². The molecule has 1 aliphatic rings. The van der Waals surface area contributed by atoms with Crippen LogP contribution in [0.2, 0.25) is 0 Å². The van der Waals surface area contributed by atoms with Gasteiger partial charge in [-0.15, -0.1) is 0 Å². The first-order chi connectivity index (χ1) is 14.1. The average Bonchev–Trinajstić information content (AvgIpc) is 2.72. The summed E-state index contributed by atoms with van der Waals surface area (Å²) in [6.45, 7) is 8.88. The Labute approximate surface area is 179 Å². The fraction of sp³-hybridized carbons (Fsp3) is 0.435. The lowest BCUT2D eigenvalue weighted by Gasteiger charge is -2.38. The summed E-state index contributed by atoms with van der Waals surface area (Å²) in [5, 5.41) is 3.15. The van der Waals surface area contributed by atoms with E-state index < -0.39 is 10.0 Å². The molecule has 2 aromatic rings. The zero-order valence-corrected chi connectivity index (χ0v) is 18.9. The molecule has 0 radical (unpaired) electrons. The van der Waals surface area contributed by atoms with Crippen molar-refractivity contribution in [2.24, 2.45) is 5.41 Å². The van der Waals surface area contributed by atoms with E-state index in [1.165, 1.54) is 30.3 Å². The van der Waals surface area contributed by atoms with E-state index in [9.17, 15) is 13.2 Å². The number of nitrogens with one attached hydrogen (secondary N) is 2. The zero-order chi connectivity index (χ0) is 21.9. The molecule has 0 spiro atoms. The van der Waals surface area contributed by atoms with Crippen LogP contribution in [0.4, 0.5) is 0 Å². The number of nitrogens with zero attached hydrogens (tertiary/aromatic N) is 1. The van der Waals surface area contributed by atoms with Crippen LogP contribution < -0.4 is 10.0 Å². The molecular formula is C23H31N3O3S. The number of carbonyl (C=O) groups excluding carboxylic acids is 1. The number of rotatable bonds is 6. The quantitative estimate of drug-likeness (QED) is 0.740. The third-order valence-corrected chi connectivity index (χ3v) is 7.09. The minimum absolute atomic E-state index is 0.0811. The number of sulfonamides is 1. The summed E-state index contributed by atoms with van der Waals surface area (Å²) >= 11 is 0. The van der Waals surface area contributed by atoms with Crippen molar-refractivity contribution in [2.45, 2.75) is 44.7 Å². The molecule has 0 unspecified atom stereocenters. The van der Waals surface area contributed by atoms with Gasteiger partial charge in [0.25, 0.3) is 5.91 Å². The maximum atomic E-state index is 13.0. The predicted molar refractivity (Wildman–Crippen MR) is 119 cm³/mol. The van der Waals surface area contributed by atoms with Crippen molar-refractivity contribution in [3.63, 3.8) is 0 Å². The molecule has 0 aromatic heterocycles. The molecular weight excluding hydrogens is 398 g/mol. The Bertz CT molecular complexity index is 1010. The monoisotopic (exact) mass is 429 g/mol. The lowest BCUT2D eigenvalue weighted by molar-refractivity contribution is 0.0862. The molecule has 0 aliphatic carbocycles. The highest BCUT2D eigenvalue weighted by Crippen LogP contribution is 2.24. The smallest absolute Gasteiger partial charge is 0.251 e. The summed E-state index contributed by atoms with van der Waals surface area (Å²) in [6.07, 6.45) is 1.00. The molecule has 7 heteroatoms. The van der Waals surface area contributed by atoms with E-state index in [1.54, 1.807) is 12.1 Å². The van der Waals surface area contributed by atoms with Gasteiger partial charge in [0.15, 0.2) is 0 Å². The molecule has 1 amide bonds. The fourth-order valence-electron chi connectivity index (χ4n) is 3.67. The molecule has 6 nitrogen and oxygen atoms in total. The van der Waals surface area contributed by atoms with Crippen molar-refractivity contribution in [2.75, 3.05) is 20.1 Å². The maximum absolute atomic E-state index is 13.0. The third-order valence-electron chi connectivity index (χ3n) is 5.68. The molecule has 162 valence electrons. The Kier molecular flexibility index (Phi) is 6.65. The first-order valence-electron chi connectivity index (χ1n) is 10.2. The van der Waals surface area contributed by atoms with Crippen LogP contribution in [0.5, 0.6) is 0 Å².